The molecule has 2 aromatic heterocycles. The second-order valence-corrected chi connectivity index (χ2v) is 2.76. The minimum absolute atomic E-state index is 0.178. The van der Waals surface area contributed by atoms with Crippen molar-refractivity contribution in [2.24, 2.45) is 5.73 Å². The fourth-order valence-electron chi connectivity index (χ4n) is 1.33. The molecule has 5 nitrogen and oxygen atoms in total. The van der Waals surface area contributed by atoms with Crippen molar-refractivity contribution >= 4 is 11.4 Å². The normalized spacial score (nSPS) is 10.4. The average Bonchev–Trinajstić information content (AvgIpc) is 2.56. The second-order valence-electron chi connectivity index (χ2n) is 2.76. The van der Waals surface area contributed by atoms with Crippen molar-refractivity contribution in [3.63, 3.8) is 0 Å². The van der Waals surface area contributed by atoms with E-state index in [0.717, 1.165) is 5.52 Å². The fraction of sp³-hybridized carbons (Fsp3) is 0.111. The Morgan fingerprint density at radius 3 is 3.00 bits per heavy atom. The first-order valence-corrected chi connectivity index (χ1v) is 4.05. The van der Waals surface area contributed by atoms with E-state index in [9.17, 15) is 4.79 Å². The molecule has 1 amide bonds. The molecule has 5 heteroatoms. The zero-order valence-electron chi connectivity index (χ0n) is 7.60. The number of ether oxygens (including phenoxy) is 1. The van der Waals surface area contributed by atoms with E-state index >= 15 is 0 Å². The van der Waals surface area contributed by atoms with E-state index in [4.69, 9.17) is 10.5 Å². The van der Waals surface area contributed by atoms with Crippen LogP contribution < -0.4 is 10.5 Å². The van der Waals surface area contributed by atoms with Crippen molar-refractivity contribution in [2.45, 2.75) is 0 Å². The number of imidazole rings is 1. The van der Waals surface area contributed by atoms with Crippen LogP contribution in [-0.4, -0.2) is 22.4 Å². The fourth-order valence-corrected chi connectivity index (χ4v) is 1.33. The smallest absolute Gasteiger partial charge is 0.285 e. The molecule has 0 bridgehead atoms. The number of aromatic nitrogens is 2. The summed E-state index contributed by atoms with van der Waals surface area (Å²) in [5.41, 5.74) is 5.90. The summed E-state index contributed by atoms with van der Waals surface area (Å²) in [7, 11) is 1.50. The lowest BCUT2D eigenvalue weighted by Crippen LogP contribution is -2.14. The molecule has 0 aliphatic carbocycles. The molecule has 14 heavy (non-hydrogen) atoms. The lowest BCUT2D eigenvalue weighted by Gasteiger charge is -1.95. The third-order valence-electron chi connectivity index (χ3n) is 1.93. The van der Waals surface area contributed by atoms with E-state index in [0.29, 0.717) is 5.88 Å². The number of primary amides is 1. The monoisotopic (exact) mass is 191 g/mol. The standard InChI is InChI=1S/C9H9N3O2/c1-14-9-6-4-2-3-5-12(6)8(11-9)7(10)13/h2-5H,1H3,(H2,10,13). The Labute approximate surface area is 80.1 Å². The number of pyridine rings is 1. The molecule has 0 atom stereocenters. The molecular weight excluding hydrogens is 182 g/mol. The zero-order valence-corrected chi connectivity index (χ0v) is 7.60. The highest BCUT2D eigenvalue weighted by atomic mass is 16.5. The van der Waals surface area contributed by atoms with Crippen molar-refractivity contribution in [3.05, 3.63) is 30.2 Å². The van der Waals surface area contributed by atoms with Crippen molar-refractivity contribution < 1.29 is 9.53 Å². The minimum atomic E-state index is -0.575. The van der Waals surface area contributed by atoms with Gasteiger partial charge in [-0.3, -0.25) is 9.20 Å². The average molecular weight is 191 g/mol. The van der Waals surface area contributed by atoms with Gasteiger partial charge in [-0.2, -0.15) is 4.98 Å². The molecule has 0 aliphatic rings. The third kappa shape index (κ3) is 1.10. The zero-order chi connectivity index (χ0) is 10.1. The van der Waals surface area contributed by atoms with Gasteiger partial charge in [-0.05, 0) is 12.1 Å². The maximum Gasteiger partial charge on any atom is 0.285 e. The predicted octanol–water partition coefficient (Wildman–Crippen LogP) is 0.442. The number of carbonyl (C=O) groups is 1. The van der Waals surface area contributed by atoms with E-state index < -0.39 is 5.91 Å². The Morgan fingerprint density at radius 1 is 1.57 bits per heavy atom. The van der Waals surface area contributed by atoms with Gasteiger partial charge in [-0.15, -0.1) is 0 Å². The Hall–Kier alpha value is -2.04. The van der Waals surface area contributed by atoms with E-state index in [1.54, 1.807) is 22.7 Å². The molecule has 2 rings (SSSR count). The van der Waals surface area contributed by atoms with Crippen LogP contribution in [0, 0.1) is 0 Å². The quantitative estimate of drug-likeness (QED) is 0.748. The first-order valence-electron chi connectivity index (χ1n) is 4.05. The van der Waals surface area contributed by atoms with Gasteiger partial charge >= 0.3 is 0 Å². The lowest BCUT2D eigenvalue weighted by atomic mass is 10.4. The number of rotatable bonds is 2. The van der Waals surface area contributed by atoms with E-state index in [2.05, 4.69) is 4.98 Å². The summed E-state index contributed by atoms with van der Waals surface area (Å²) in [5.74, 6) is 0.00588. The van der Waals surface area contributed by atoms with Crippen LogP contribution >= 0.6 is 0 Å². The summed E-state index contributed by atoms with van der Waals surface area (Å²) in [5, 5.41) is 0. The van der Waals surface area contributed by atoms with Gasteiger partial charge in [0.2, 0.25) is 11.7 Å². The maximum absolute atomic E-state index is 11.0. The molecule has 0 aromatic carbocycles. The number of nitrogens with zero attached hydrogens (tertiary/aromatic N) is 2. The number of hydrogen-bond acceptors (Lipinski definition) is 3. The van der Waals surface area contributed by atoms with Gasteiger partial charge < -0.3 is 10.5 Å². The molecule has 72 valence electrons. The molecule has 0 fully saturated rings. The van der Waals surface area contributed by atoms with Crippen LogP contribution in [-0.2, 0) is 0 Å². The van der Waals surface area contributed by atoms with E-state index in [1.165, 1.54) is 7.11 Å². The molecule has 2 N–H and O–H groups in total. The van der Waals surface area contributed by atoms with Crippen molar-refractivity contribution in [2.75, 3.05) is 7.11 Å². The molecule has 0 unspecified atom stereocenters. The highest BCUT2D eigenvalue weighted by Gasteiger charge is 2.14. The van der Waals surface area contributed by atoms with Gasteiger partial charge in [-0.1, -0.05) is 6.07 Å². The van der Waals surface area contributed by atoms with Gasteiger partial charge in [0.25, 0.3) is 5.91 Å². The molecule has 0 radical (unpaired) electrons. The van der Waals surface area contributed by atoms with Crippen LogP contribution in [0.25, 0.3) is 5.52 Å². The van der Waals surface area contributed by atoms with Gasteiger partial charge in [0.1, 0.15) is 5.52 Å². The Balaban J connectivity index is 2.80. The van der Waals surface area contributed by atoms with Crippen LogP contribution in [0.1, 0.15) is 10.6 Å². The molecule has 2 aromatic rings. The molecule has 2 heterocycles. The van der Waals surface area contributed by atoms with E-state index in [1.807, 2.05) is 6.07 Å². The summed E-state index contributed by atoms with van der Waals surface area (Å²) in [6.45, 7) is 0. The van der Waals surface area contributed by atoms with Gasteiger partial charge in [0.05, 0.1) is 7.11 Å². The topological polar surface area (TPSA) is 69.6 Å². The molecule has 0 aliphatic heterocycles. The largest absolute Gasteiger partial charge is 0.479 e. The van der Waals surface area contributed by atoms with Crippen LogP contribution in [0.15, 0.2) is 24.4 Å². The summed E-state index contributed by atoms with van der Waals surface area (Å²) in [6, 6.07) is 5.43. The van der Waals surface area contributed by atoms with Crippen molar-refractivity contribution in [1.29, 1.82) is 0 Å². The highest BCUT2D eigenvalue weighted by Crippen LogP contribution is 2.19. The van der Waals surface area contributed by atoms with Crippen LogP contribution in [0.2, 0.25) is 0 Å². The van der Waals surface area contributed by atoms with Gasteiger partial charge in [-0.25, -0.2) is 0 Å². The van der Waals surface area contributed by atoms with Crippen molar-refractivity contribution in [1.82, 2.24) is 9.38 Å². The van der Waals surface area contributed by atoms with Crippen LogP contribution in [0.4, 0.5) is 0 Å². The highest BCUT2D eigenvalue weighted by molar-refractivity contribution is 5.91. The number of fused-ring (bicyclic) bond motifs is 1. The summed E-state index contributed by atoms with van der Waals surface area (Å²) < 4.78 is 6.62. The molecule has 0 spiro atoms. The summed E-state index contributed by atoms with van der Waals surface area (Å²) in [6.07, 6.45) is 1.71. The van der Waals surface area contributed by atoms with Crippen molar-refractivity contribution in [3.8, 4) is 5.88 Å². The Kier molecular flexibility index (Phi) is 1.85. The van der Waals surface area contributed by atoms with Gasteiger partial charge in [0, 0.05) is 6.20 Å². The Morgan fingerprint density at radius 2 is 2.36 bits per heavy atom. The number of nitrogens with two attached hydrogens (primary N) is 1. The number of amides is 1. The van der Waals surface area contributed by atoms with Crippen LogP contribution in [0.5, 0.6) is 5.88 Å². The number of carbonyl (C=O) groups excluding carboxylic acids is 1. The maximum atomic E-state index is 11.0. The SMILES string of the molecule is COc1nc(C(N)=O)n2ccccc12. The second kappa shape index (κ2) is 3.02. The number of hydrogen-bond donors (Lipinski definition) is 1. The molecular formula is C9H9N3O2. The van der Waals surface area contributed by atoms with E-state index in [-0.39, 0.29) is 5.82 Å². The molecule has 0 saturated heterocycles. The first kappa shape index (κ1) is 8.55. The van der Waals surface area contributed by atoms with Gasteiger partial charge in [0.15, 0.2) is 0 Å². The number of methoxy groups -OCH3 is 1. The first-order chi connectivity index (χ1) is 6.74. The summed E-state index contributed by atoms with van der Waals surface area (Å²) in [4.78, 5) is 15.0. The van der Waals surface area contributed by atoms with Crippen LogP contribution in [0.3, 0.4) is 0 Å². The third-order valence-corrected chi connectivity index (χ3v) is 1.93. The Bertz CT molecular complexity index is 490. The predicted molar refractivity (Wildman–Crippen MR) is 50.3 cm³/mol. The molecule has 0 saturated carbocycles. The summed E-state index contributed by atoms with van der Waals surface area (Å²) >= 11 is 0. The minimum Gasteiger partial charge on any atom is -0.479 e. The lowest BCUT2D eigenvalue weighted by molar-refractivity contribution is 0.0989.